The number of carbonyl (C=O) groups excluding carboxylic acids is 1. The molecule has 0 radical (unpaired) electrons. The molecule has 17 heavy (non-hydrogen) atoms. The fourth-order valence-corrected chi connectivity index (χ4v) is 1.84. The van der Waals surface area contributed by atoms with Crippen LogP contribution in [-0.4, -0.2) is 15.9 Å². The molecule has 2 aromatic rings. The van der Waals surface area contributed by atoms with E-state index in [-0.39, 0.29) is 17.4 Å². The van der Waals surface area contributed by atoms with Crippen LogP contribution in [-0.2, 0) is 10.1 Å². The molecule has 0 atom stereocenters. The van der Waals surface area contributed by atoms with Crippen LogP contribution >= 0.6 is 15.9 Å². The number of hydrogen-bond donors (Lipinski definition) is 2. The van der Waals surface area contributed by atoms with E-state index >= 15 is 0 Å². The van der Waals surface area contributed by atoms with Gasteiger partial charge in [0, 0.05) is 12.3 Å². The van der Waals surface area contributed by atoms with E-state index in [4.69, 9.17) is 0 Å². The Morgan fingerprint density at radius 1 is 1.53 bits per heavy atom. The summed E-state index contributed by atoms with van der Waals surface area (Å²) in [4.78, 5) is 29.3. The molecule has 0 aliphatic rings. The van der Waals surface area contributed by atoms with E-state index in [9.17, 15) is 9.59 Å². The molecule has 0 fully saturated rings. The van der Waals surface area contributed by atoms with Gasteiger partial charge in [0.25, 0.3) is 5.56 Å². The Labute approximate surface area is 105 Å². The summed E-state index contributed by atoms with van der Waals surface area (Å²) in [5.74, 6) is -0.105. The molecule has 1 aromatic carbocycles. The van der Waals surface area contributed by atoms with Crippen molar-refractivity contribution in [3.63, 3.8) is 0 Å². The van der Waals surface area contributed by atoms with Crippen LogP contribution in [0.1, 0.15) is 12.5 Å². The van der Waals surface area contributed by atoms with E-state index in [2.05, 4.69) is 31.2 Å². The Kier molecular flexibility index (Phi) is 3.23. The van der Waals surface area contributed by atoms with Crippen LogP contribution in [0.25, 0.3) is 10.9 Å². The van der Waals surface area contributed by atoms with Crippen molar-refractivity contribution in [3.05, 3.63) is 34.1 Å². The molecule has 0 saturated carbocycles. The van der Waals surface area contributed by atoms with E-state index in [0.717, 1.165) is 5.56 Å². The van der Waals surface area contributed by atoms with Gasteiger partial charge in [0.2, 0.25) is 11.9 Å². The van der Waals surface area contributed by atoms with E-state index < -0.39 is 0 Å². The Bertz CT molecular complexity index is 636. The number of hydrogen-bond acceptors (Lipinski definition) is 3. The van der Waals surface area contributed by atoms with Gasteiger partial charge in [0.05, 0.1) is 10.9 Å². The summed E-state index contributed by atoms with van der Waals surface area (Å²) in [6.07, 6.45) is 0. The average molecular weight is 296 g/mol. The molecule has 0 aliphatic heterocycles. The second-order valence-corrected chi connectivity index (χ2v) is 4.14. The second kappa shape index (κ2) is 4.67. The number of alkyl halides is 1. The summed E-state index contributed by atoms with van der Waals surface area (Å²) in [6, 6.07) is 5.40. The number of benzene rings is 1. The largest absolute Gasteiger partial charge is 0.296 e. The third kappa shape index (κ3) is 2.52. The number of nitrogens with one attached hydrogen (secondary N) is 2. The number of rotatable bonds is 2. The van der Waals surface area contributed by atoms with Crippen molar-refractivity contribution >= 4 is 38.7 Å². The molecule has 2 N–H and O–H groups in total. The van der Waals surface area contributed by atoms with Gasteiger partial charge in [-0.15, -0.1) is 0 Å². The maximum atomic E-state index is 11.8. The van der Waals surface area contributed by atoms with Gasteiger partial charge in [-0.05, 0) is 17.7 Å². The number of carbonyl (C=O) groups is 1. The lowest BCUT2D eigenvalue weighted by molar-refractivity contribution is -0.114. The predicted molar refractivity (Wildman–Crippen MR) is 69.3 cm³/mol. The van der Waals surface area contributed by atoms with Gasteiger partial charge in [-0.25, -0.2) is 4.98 Å². The Hall–Kier alpha value is -1.69. The molecule has 5 nitrogen and oxygen atoms in total. The quantitative estimate of drug-likeness (QED) is 0.829. The van der Waals surface area contributed by atoms with E-state index in [1.54, 1.807) is 12.1 Å². The maximum Gasteiger partial charge on any atom is 0.260 e. The Morgan fingerprint density at radius 2 is 2.29 bits per heavy atom. The van der Waals surface area contributed by atoms with Crippen LogP contribution in [0.15, 0.2) is 23.0 Å². The molecule has 0 spiro atoms. The second-order valence-electron chi connectivity index (χ2n) is 3.58. The zero-order valence-corrected chi connectivity index (χ0v) is 10.7. The molecule has 1 aromatic heterocycles. The van der Waals surface area contributed by atoms with Gasteiger partial charge in [-0.1, -0.05) is 22.0 Å². The molecule has 6 heteroatoms. The van der Waals surface area contributed by atoms with Gasteiger partial charge in [0.15, 0.2) is 0 Å². The number of aromatic nitrogens is 2. The van der Waals surface area contributed by atoms with Crippen molar-refractivity contribution in [2.75, 3.05) is 5.32 Å². The smallest absolute Gasteiger partial charge is 0.260 e. The summed E-state index contributed by atoms with van der Waals surface area (Å²) in [5, 5.41) is 3.64. The number of nitrogens with zero attached hydrogens (tertiary/aromatic N) is 1. The first-order valence-electron chi connectivity index (χ1n) is 4.96. The van der Waals surface area contributed by atoms with Crippen molar-refractivity contribution in [2.24, 2.45) is 0 Å². The van der Waals surface area contributed by atoms with Crippen LogP contribution < -0.4 is 10.9 Å². The standard InChI is InChI=1S/C11H10BrN3O2/c1-6(16)13-11-14-9-3-2-7(5-12)4-8(9)10(17)15-11/h2-4H,5H2,1H3,(H2,13,14,15,16,17). The highest BCUT2D eigenvalue weighted by Gasteiger charge is 2.05. The lowest BCUT2D eigenvalue weighted by Gasteiger charge is -2.03. The number of halogens is 1. The van der Waals surface area contributed by atoms with Crippen LogP contribution in [0, 0.1) is 0 Å². The zero-order valence-electron chi connectivity index (χ0n) is 9.08. The van der Waals surface area contributed by atoms with Gasteiger partial charge >= 0.3 is 0 Å². The van der Waals surface area contributed by atoms with Crippen molar-refractivity contribution in [2.45, 2.75) is 12.3 Å². The molecule has 0 unspecified atom stereocenters. The maximum absolute atomic E-state index is 11.8. The Balaban J connectivity index is 2.59. The lowest BCUT2D eigenvalue weighted by Crippen LogP contribution is -2.16. The third-order valence-corrected chi connectivity index (χ3v) is 2.87. The summed E-state index contributed by atoms with van der Waals surface area (Å²) in [5.41, 5.74) is 1.29. The fourth-order valence-electron chi connectivity index (χ4n) is 1.49. The average Bonchev–Trinajstić information content (AvgIpc) is 2.28. The first-order valence-corrected chi connectivity index (χ1v) is 6.09. The monoisotopic (exact) mass is 295 g/mol. The van der Waals surface area contributed by atoms with Gasteiger partial charge in [0.1, 0.15) is 0 Å². The summed E-state index contributed by atoms with van der Waals surface area (Å²) in [6.45, 7) is 1.36. The minimum atomic E-state index is -0.274. The van der Waals surface area contributed by atoms with Gasteiger partial charge in [-0.2, -0.15) is 0 Å². The number of fused-ring (bicyclic) bond motifs is 1. The topological polar surface area (TPSA) is 74.8 Å². The highest BCUT2D eigenvalue weighted by atomic mass is 79.9. The molecule has 0 saturated heterocycles. The molecule has 0 bridgehead atoms. The van der Waals surface area contributed by atoms with Crippen LogP contribution in [0.4, 0.5) is 5.95 Å². The van der Waals surface area contributed by atoms with Gasteiger partial charge in [-0.3, -0.25) is 19.9 Å². The van der Waals surface area contributed by atoms with Crippen LogP contribution in [0.3, 0.4) is 0 Å². The first-order chi connectivity index (χ1) is 8.10. The van der Waals surface area contributed by atoms with E-state index in [1.807, 2.05) is 6.07 Å². The fraction of sp³-hybridized carbons (Fsp3) is 0.182. The van der Waals surface area contributed by atoms with E-state index in [0.29, 0.717) is 16.2 Å². The van der Waals surface area contributed by atoms with Crippen molar-refractivity contribution in [1.29, 1.82) is 0 Å². The first kappa shape index (κ1) is 11.8. The molecular weight excluding hydrogens is 286 g/mol. The summed E-state index contributed by atoms with van der Waals surface area (Å²) >= 11 is 3.33. The molecular formula is C11H10BrN3O2. The van der Waals surface area contributed by atoms with Crippen molar-refractivity contribution in [1.82, 2.24) is 9.97 Å². The minimum absolute atomic E-state index is 0.168. The molecule has 1 heterocycles. The number of aromatic amines is 1. The molecule has 1 amide bonds. The Morgan fingerprint density at radius 3 is 2.94 bits per heavy atom. The van der Waals surface area contributed by atoms with E-state index in [1.165, 1.54) is 6.92 Å². The minimum Gasteiger partial charge on any atom is -0.296 e. The number of H-pyrrole nitrogens is 1. The summed E-state index contributed by atoms with van der Waals surface area (Å²) < 4.78 is 0. The third-order valence-electron chi connectivity index (χ3n) is 2.22. The van der Waals surface area contributed by atoms with Gasteiger partial charge < -0.3 is 0 Å². The number of amides is 1. The van der Waals surface area contributed by atoms with Crippen molar-refractivity contribution < 1.29 is 4.79 Å². The molecule has 88 valence electrons. The predicted octanol–water partition coefficient (Wildman–Crippen LogP) is 1.78. The highest BCUT2D eigenvalue weighted by Crippen LogP contribution is 2.13. The van der Waals surface area contributed by atoms with Crippen LogP contribution in [0.2, 0.25) is 0 Å². The van der Waals surface area contributed by atoms with Crippen LogP contribution in [0.5, 0.6) is 0 Å². The normalized spacial score (nSPS) is 10.5. The zero-order chi connectivity index (χ0) is 12.4. The molecule has 0 aliphatic carbocycles. The number of anilines is 1. The summed E-state index contributed by atoms with van der Waals surface area (Å²) in [7, 11) is 0. The highest BCUT2D eigenvalue weighted by molar-refractivity contribution is 9.08. The molecule has 2 rings (SSSR count). The van der Waals surface area contributed by atoms with Crippen molar-refractivity contribution in [3.8, 4) is 0 Å². The SMILES string of the molecule is CC(=O)Nc1nc2ccc(CBr)cc2c(=O)[nH]1. The lowest BCUT2D eigenvalue weighted by atomic mass is 10.2.